The summed E-state index contributed by atoms with van der Waals surface area (Å²) in [7, 11) is 0. The Bertz CT molecular complexity index is 408. The molecule has 2 fully saturated rings. The van der Waals surface area contributed by atoms with Gasteiger partial charge in [0.05, 0.1) is 0 Å². The molecule has 3 N–H and O–H groups in total. The average molecular weight is 245 g/mol. The first-order valence-corrected chi connectivity index (χ1v) is 7.09. The van der Waals surface area contributed by atoms with E-state index in [1.54, 1.807) is 0 Å². The Morgan fingerprint density at radius 3 is 3.06 bits per heavy atom. The highest BCUT2D eigenvalue weighted by Crippen LogP contribution is 2.38. The summed E-state index contributed by atoms with van der Waals surface area (Å²) in [5.74, 6) is 0. The molecule has 0 radical (unpaired) electrons. The minimum atomic E-state index is 0.501. The van der Waals surface area contributed by atoms with Crippen molar-refractivity contribution in [3.05, 3.63) is 24.3 Å². The normalized spacial score (nSPS) is 28.6. The molecular formula is C15H23N3. The molecule has 98 valence electrons. The SMILES string of the molecule is Nc1cccc(N2CCC3(CCCCNC3)C2)c1. The van der Waals surface area contributed by atoms with Crippen LogP contribution in [-0.4, -0.2) is 26.2 Å². The summed E-state index contributed by atoms with van der Waals surface area (Å²) >= 11 is 0. The van der Waals surface area contributed by atoms with Crippen LogP contribution in [0.2, 0.25) is 0 Å². The smallest absolute Gasteiger partial charge is 0.0387 e. The van der Waals surface area contributed by atoms with Crippen molar-refractivity contribution in [2.45, 2.75) is 25.7 Å². The molecule has 0 saturated carbocycles. The van der Waals surface area contributed by atoms with Gasteiger partial charge in [-0.1, -0.05) is 12.5 Å². The fraction of sp³-hybridized carbons (Fsp3) is 0.600. The van der Waals surface area contributed by atoms with E-state index in [4.69, 9.17) is 5.73 Å². The minimum absolute atomic E-state index is 0.501. The molecule has 2 aliphatic rings. The van der Waals surface area contributed by atoms with Crippen molar-refractivity contribution in [1.29, 1.82) is 0 Å². The second-order valence-electron chi connectivity index (χ2n) is 5.90. The molecule has 3 rings (SSSR count). The number of rotatable bonds is 1. The maximum atomic E-state index is 5.88. The number of nitrogen functional groups attached to an aromatic ring is 1. The lowest BCUT2D eigenvalue weighted by Crippen LogP contribution is -2.35. The van der Waals surface area contributed by atoms with Crippen LogP contribution in [-0.2, 0) is 0 Å². The molecule has 3 heteroatoms. The zero-order valence-corrected chi connectivity index (χ0v) is 11.0. The average Bonchev–Trinajstić information content (AvgIpc) is 2.64. The molecule has 1 spiro atoms. The third-order valence-electron chi connectivity index (χ3n) is 4.48. The number of anilines is 2. The molecule has 18 heavy (non-hydrogen) atoms. The first-order chi connectivity index (χ1) is 8.77. The van der Waals surface area contributed by atoms with E-state index in [1.165, 1.54) is 57.5 Å². The predicted molar refractivity (Wildman–Crippen MR) is 76.8 cm³/mol. The zero-order valence-electron chi connectivity index (χ0n) is 11.0. The van der Waals surface area contributed by atoms with E-state index < -0.39 is 0 Å². The molecule has 3 nitrogen and oxygen atoms in total. The van der Waals surface area contributed by atoms with E-state index in [-0.39, 0.29) is 0 Å². The van der Waals surface area contributed by atoms with Crippen molar-refractivity contribution in [3.63, 3.8) is 0 Å². The lowest BCUT2D eigenvalue weighted by Gasteiger charge is -2.28. The molecule has 0 aromatic heterocycles. The number of hydrogen-bond acceptors (Lipinski definition) is 3. The van der Waals surface area contributed by atoms with Crippen molar-refractivity contribution < 1.29 is 0 Å². The Labute approximate surface area is 109 Å². The van der Waals surface area contributed by atoms with Gasteiger partial charge in [-0.2, -0.15) is 0 Å². The monoisotopic (exact) mass is 245 g/mol. The molecule has 0 amide bonds. The van der Waals surface area contributed by atoms with E-state index in [9.17, 15) is 0 Å². The first kappa shape index (κ1) is 11.8. The molecule has 1 unspecified atom stereocenters. The van der Waals surface area contributed by atoms with Crippen molar-refractivity contribution in [2.24, 2.45) is 5.41 Å². The van der Waals surface area contributed by atoms with Gasteiger partial charge in [-0.25, -0.2) is 0 Å². The van der Waals surface area contributed by atoms with E-state index in [0.717, 1.165) is 5.69 Å². The molecule has 2 aliphatic heterocycles. The van der Waals surface area contributed by atoms with Gasteiger partial charge in [-0.05, 0) is 44.0 Å². The van der Waals surface area contributed by atoms with Crippen LogP contribution in [0.5, 0.6) is 0 Å². The van der Waals surface area contributed by atoms with E-state index in [2.05, 4.69) is 28.4 Å². The van der Waals surface area contributed by atoms with Crippen LogP contribution in [0.25, 0.3) is 0 Å². The van der Waals surface area contributed by atoms with Gasteiger partial charge in [0.25, 0.3) is 0 Å². The highest BCUT2D eigenvalue weighted by molar-refractivity contribution is 5.56. The first-order valence-electron chi connectivity index (χ1n) is 7.09. The Morgan fingerprint density at radius 1 is 1.22 bits per heavy atom. The van der Waals surface area contributed by atoms with Crippen molar-refractivity contribution >= 4 is 11.4 Å². The molecule has 1 aromatic rings. The summed E-state index contributed by atoms with van der Waals surface area (Å²) in [6, 6.07) is 8.30. The van der Waals surface area contributed by atoms with Crippen molar-refractivity contribution in [3.8, 4) is 0 Å². The van der Waals surface area contributed by atoms with Gasteiger partial charge in [0.15, 0.2) is 0 Å². The third kappa shape index (κ3) is 2.32. The van der Waals surface area contributed by atoms with Crippen molar-refractivity contribution in [2.75, 3.05) is 36.8 Å². The number of hydrogen-bond donors (Lipinski definition) is 2. The highest BCUT2D eigenvalue weighted by Gasteiger charge is 2.38. The maximum absolute atomic E-state index is 5.88. The van der Waals surface area contributed by atoms with Crippen LogP contribution in [0.15, 0.2) is 24.3 Å². The topological polar surface area (TPSA) is 41.3 Å². The van der Waals surface area contributed by atoms with Gasteiger partial charge in [0, 0.05) is 36.4 Å². The van der Waals surface area contributed by atoms with E-state index >= 15 is 0 Å². The number of nitrogens with one attached hydrogen (secondary N) is 1. The van der Waals surface area contributed by atoms with Gasteiger partial charge in [-0.15, -0.1) is 0 Å². The van der Waals surface area contributed by atoms with Gasteiger partial charge >= 0.3 is 0 Å². The van der Waals surface area contributed by atoms with Gasteiger partial charge in [0.1, 0.15) is 0 Å². The van der Waals surface area contributed by atoms with Crippen LogP contribution in [0.3, 0.4) is 0 Å². The molecule has 0 bridgehead atoms. The quantitative estimate of drug-likeness (QED) is 0.746. The minimum Gasteiger partial charge on any atom is -0.399 e. The lowest BCUT2D eigenvalue weighted by molar-refractivity contribution is 0.300. The number of nitrogens with zero attached hydrogens (tertiary/aromatic N) is 1. The fourth-order valence-electron chi connectivity index (χ4n) is 3.42. The van der Waals surface area contributed by atoms with Gasteiger partial charge in [-0.3, -0.25) is 0 Å². The molecule has 2 saturated heterocycles. The molecular weight excluding hydrogens is 222 g/mol. The summed E-state index contributed by atoms with van der Waals surface area (Å²) in [5, 5.41) is 3.61. The van der Waals surface area contributed by atoms with Crippen LogP contribution in [0, 0.1) is 5.41 Å². The van der Waals surface area contributed by atoms with Crippen LogP contribution in [0.1, 0.15) is 25.7 Å². The Hall–Kier alpha value is -1.22. The Balaban J connectivity index is 1.74. The summed E-state index contributed by atoms with van der Waals surface area (Å²) in [6.45, 7) is 4.74. The maximum Gasteiger partial charge on any atom is 0.0387 e. The van der Waals surface area contributed by atoms with Gasteiger partial charge < -0.3 is 16.0 Å². The summed E-state index contributed by atoms with van der Waals surface area (Å²) in [6.07, 6.45) is 5.39. The molecule has 1 atom stereocenters. The largest absolute Gasteiger partial charge is 0.399 e. The number of nitrogens with two attached hydrogens (primary N) is 1. The third-order valence-corrected chi connectivity index (χ3v) is 4.48. The highest BCUT2D eigenvalue weighted by atomic mass is 15.2. The van der Waals surface area contributed by atoms with Crippen LogP contribution in [0.4, 0.5) is 11.4 Å². The standard InChI is InChI=1S/C15H23N3/c16-13-4-3-5-14(10-13)18-9-7-15(12-18)6-1-2-8-17-11-15/h3-5,10,17H,1-2,6-9,11-12,16H2. The second-order valence-corrected chi connectivity index (χ2v) is 5.90. The van der Waals surface area contributed by atoms with E-state index in [0.29, 0.717) is 5.41 Å². The Kier molecular flexibility index (Phi) is 3.16. The fourth-order valence-corrected chi connectivity index (χ4v) is 3.42. The van der Waals surface area contributed by atoms with Crippen LogP contribution >= 0.6 is 0 Å². The molecule has 0 aliphatic carbocycles. The van der Waals surface area contributed by atoms with E-state index in [1.807, 2.05) is 6.07 Å². The van der Waals surface area contributed by atoms with Gasteiger partial charge in [0.2, 0.25) is 0 Å². The van der Waals surface area contributed by atoms with Crippen LogP contribution < -0.4 is 16.0 Å². The summed E-state index contributed by atoms with van der Waals surface area (Å²) < 4.78 is 0. The number of benzene rings is 1. The summed E-state index contributed by atoms with van der Waals surface area (Å²) in [4.78, 5) is 2.50. The molecule has 1 aromatic carbocycles. The second kappa shape index (κ2) is 4.81. The zero-order chi connectivity index (χ0) is 12.4. The Morgan fingerprint density at radius 2 is 2.17 bits per heavy atom. The predicted octanol–water partition coefficient (Wildman–Crippen LogP) is 2.24. The lowest BCUT2D eigenvalue weighted by atomic mass is 9.83. The summed E-state index contributed by atoms with van der Waals surface area (Å²) in [5.41, 5.74) is 8.54. The molecule has 2 heterocycles. The van der Waals surface area contributed by atoms with Crippen molar-refractivity contribution in [1.82, 2.24) is 5.32 Å².